The second-order valence-corrected chi connectivity index (χ2v) is 6.17. The summed E-state index contributed by atoms with van der Waals surface area (Å²) in [5.74, 6) is 0. The molecule has 0 saturated carbocycles. The van der Waals surface area contributed by atoms with Crippen molar-refractivity contribution >= 4 is 5.57 Å². The summed E-state index contributed by atoms with van der Waals surface area (Å²) in [7, 11) is 0. The molecule has 0 aromatic heterocycles. The summed E-state index contributed by atoms with van der Waals surface area (Å²) in [4.78, 5) is 0. The van der Waals surface area contributed by atoms with E-state index < -0.39 is 68.6 Å². The van der Waals surface area contributed by atoms with Gasteiger partial charge in [0, 0.05) is 11.1 Å². The maximum absolute atomic E-state index is 13.6. The van der Waals surface area contributed by atoms with Gasteiger partial charge in [-0.2, -0.15) is 50.0 Å². The minimum atomic E-state index is -5.29. The molecule has 1 aliphatic rings. The van der Waals surface area contributed by atoms with Gasteiger partial charge in [0.1, 0.15) is 17.7 Å². The number of halogens is 9. The maximum atomic E-state index is 13.6. The molecule has 0 amide bonds. The molecule has 0 radical (unpaired) electrons. The Labute approximate surface area is 162 Å². The highest BCUT2D eigenvalue weighted by Gasteiger charge is 2.44. The maximum Gasteiger partial charge on any atom is 0.417 e. The highest BCUT2D eigenvalue weighted by Crippen LogP contribution is 2.53. The van der Waals surface area contributed by atoms with Gasteiger partial charge >= 0.3 is 18.5 Å². The van der Waals surface area contributed by atoms with E-state index in [1.807, 2.05) is 0 Å². The molecule has 3 rings (SSSR count). The predicted octanol–water partition coefficient (Wildman–Crippen LogP) is 6.57. The monoisotopic (exact) mass is 432 g/mol. The van der Waals surface area contributed by atoms with Gasteiger partial charge in [-0.1, -0.05) is 6.07 Å². The third-order valence-electron chi connectivity index (χ3n) is 4.40. The third kappa shape index (κ3) is 3.36. The molecule has 0 aliphatic heterocycles. The van der Waals surface area contributed by atoms with Crippen LogP contribution in [-0.4, -0.2) is 0 Å². The van der Waals surface area contributed by atoms with Crippen LogP contribution in [0.1, 0.15) is 27.8 Å². The summed E-state index contributed by atoms with van der Waals surface area (Å²) in [6.07, 6.45) is -15.4. The quantitative estimate of drug-likeness (QED) is 0.298. The van der Waals surface area contributed by atoms with Gasteiger partial charge in [-0.3, -0.25) is 0 Å². The molecular formula is C19H5F9N2. The first kappa shape index (κ1) is 21.2. The Hall–Kier alpha value is -3.47. The van der Waals surface area contributed by atoms with E-state index in [1.54, 1.807) is 0 Å². The molecule has 0 heterocycles. The average Bonchev–Trinajstić information content (AvgIpc) is 2.94. The number of rotatable bonds is 0. The lowest BCUT2D eigenvalue weighted by Crippen LogP contribution is -2.13. The van der Waals surface area contributed by atoms with Gasteiger partial charge in [-0.25, -0.2) is 0 Å². The van der Waals surface area contributed by atoms with Gasteiger partial charge in [0.15, 0.2) is 0 Å². The van der Waals surface area contributed by atoms with E-state index in [-0.39, 0.29) is 6.07 Å². The molecule has 0 saturated heterocycles. The van der Waals surface area contributed by atoms with Crippen LogP contribution in [0, 0.1) is 22.7 Å². The molecule has 2 aromatic rings. The smallest absolute Gasteiger partial charge is 0.192 e. The molecule has 0 spiro atoms. The number of hydrogen-bond acceptors (Lipinski definition) is 2. The van der Waals surface area contributed by atoms with Crippen molar-refractivity contribution in [3.05, 3.63) is 63.7 Å². The zero-order chi connectivity index (χ0) is 22.6. The fourth-order valence-corrected chi connectivity index (χ4v) is 3.21. The van der Waals surface area contributed by atoms with Gasteiger partial charge in [0.05, 0.1) is 16.7 Å². The van der Waals surface area contributed by atoms with E-state index in [0.29, 0.717) is 24.3 Å². The van der Waals surface area contributed by atoms with E-state index in [1.165, 1.54) is 12.1 Å². The Balaban J connectivity index is 2.54. The van der Waals surface area contributed by atoms with Crippen LogP contribution in [0.2, 0.25) is 0 Å². The van der Waals surface area contributed by atoms with E-state index in [0.717, 1.165) is 0 Å². The molecule has 30 heavy (non-hydrogen) atoms. The van der Waals surface area contributed by atoms with Crippen molar-refractivity contribution in [1.29, 1.82) is 10.5 Å². The Morgan fingerprint density at radius 3 is 1.63 bits per heavy atom. The van der Waals surface area contributed by atoms with Crippen LogP contribution >= 0.6 is 0 Å². The normalized spacial score (nSPS) is 13.4. The number of nitriles is 2. The van der Waals surface area contributed by atoms with E-state index in [2.05, 4.69) is 0 Å². The van der Waals surface area contributed by atoms with Crippen LogP contribution in [0.3, 0.4) is 0 Å². The lowest BCUT2D eigenvalue weighted by atomic mass is 9.94. The Morgan fingerprint density at radius 1 is 0.633 bits per heavy atom. The van der Waals surface area contributed by atoms with Crippen LogP contribution in [0.25, 0.3) is 16.7 Å². The molecule has 11 heteroatoms. The molecule has 0 bridgehead atoms. The van der Waals surface area contributed by atoms with Gasteiger partial charge in [-0.05, 0) is 41.0 Å². The molecule has 0 fully saturated rings. The summed E-state index contributed by atoms with van der Waals surface area (Å²) >= 11 is 0. The first-order chi connectivity index (χ1) is 13.7. The Kier molecular flexibility index (Phi) is 4.62. The van der Waals surface area contributed by atoms with Gasteiger partial charge in [0.25, 0.3) is 0 Å². The zero-order valence-electron chi connectivity index (χ0n) is 14.2. The van der Waals surface area contributed by atoms with Crippen molar-refractivity contribution in [3.63, 3.8) is 0 Å². The fraction of sp³-hybridized carbons (Fsp3) is 0.158. The SMILES string of the molecule is N#CC(C#N)=C1c2cc(C(F)(F)F)ccc2-c2c1cc(C(F)(F)F)cc2C(F)(F)F. The standard InChI is InChI=1S/C19H5F9N2/c20-17(21,22)9-1-2-11-12(3-9)15(8(6-29)7-30)13-4-10(18(23,24)25)5-14(16(11)13)19(26,27)28/h1-5H. The Bertz CT molecular complexity index is 1150. The molecule has 1 aliphatic carbocycles. The first-order valence-electron chi connectivity index (χ1n) is 7.79. The van der Waals surface area contributed by atoms with Gasteiger partial charge in [0.2, 0.25) is 0 Å². The van der Waals surface area contributed by atoms with Gasteiger partial charge in [-0.15, -0.1) is 0 Å². The zero-order valence-corrected chi connectivity index (χ0v) is 14.2. The van der Waals surface area contributed by atoms with Crippen LogP contribution in [-0.2, 0) is 18.5 Å². The topological polar surface area (TPSA) is 47.6 Å². The number of nitrogens with zero attached hydrogens (tertiary/aromatic N) is 2. The molecule has 2 aromatic carbocycles. The van der Waals surface area contributed by atoms with Crippen molar-refractivity contribution in [3.8, 4) is 23.3 Å². The van der Waals surface area contributed by atoms with Crippen LogP contribution < -0.4 is 0 Å². The summed E-state index contributed by atoms with van der Waals surface area (Å²) in [6.45, 7) is 0. The Morgan fingerprint density at radius 2 is 1.17 bits per heavy atom. The summed E-state index contributed by atoms with van der Waals surface area (Å²) in [6, 6.07) is 4.35. The van der Waals surface area contributed by atoms with Crippen molar-refractivity contribution in [2.24, 2.45) is 0 Å². The lowest BCUT2D eigenvalue weighted by Gasteiger charge is -2.17. The minimum Gasteiger partial charge on any atom is -0.192 e. The van der Waals surface area contributed by atoms with Crippen LogP contribution in [0.5, 0.6) is 0 Å². The van der Waals surface area contributed by atoms with Gasteiger partial charge < -0.3 is 0 Å². The number of benzene rings is 2. The van der Waals surface area contributed by atoms with Crippen LogP contribution in [0.4, 0.5) is 39.5 Å². The molecule has 154 valence electrons. The molecule has 2 nitrogen and oxygen atoms in total. The van der Waals surface area contributed by atoms with E-state index in [9.17, 15) is 39.5 Å². The minimum absolute atomic E-state index is 0.151. The number of allylic oxidation sites excluding steroid dienone is 1. The second kappa shape index (κ2) is 6.52. The van der Waals surface area contributed by atoms with E-state index in [4.69, 9.17) is 10.5 Å². The van der Waals surface area contributed by atoms with Crippen LogP contribution in [0.15, 0.2) is 35.9 Å². The number of fused-ring (bicyclic) bond motifs is 3. The largest absolute Gasteiger partial charge is 0.417 e. The third-order valence-corrected chi connectivity index (χ3v) is 4.40. The molecule has 0 N–H and O–H groups in total. The summed E-state index contributed by atoms with van der Waals surface area (Å²) in [5.41, 5.74) is -9.04. The average molecular weight is 432 g/mol. The number of alkyl halides is 9. The highest BCUT2D eigenvalue weighted by atomic mass is 19.4. The van der Waals surface area contributed by atoms with Crippen molar-refractivity contribution < 1.29 is 39.5 Å². The predicted molar refractivity (Wildman–Crippen MR) is 84.1 cm³/mol. The first-order valence-corrected chi connectivity index (χ1v) is 7.79. The second-order valence-electron chi connectivity index (χ2n) is 6.17. The number of hydrogen-bond donors (Lipinski definition) is 0. The van der Waals surface area contributed by atoms with Crippen molar-refractivity contribution in [2.45, 2.75) is 18.5 Å². The highest BCUT2D eigenvalue weighted by molar-refractivity contribution is 6.05. The van der Waals surface area contributed by atoms with Crippen molar-refractivity contribution in [1.82, 2.24) is 0 Å². The van der Waals surface area contributed by atoms with E-state index >= 15 is 0 Å². The molecule has 0 unspecified atom stereocenters. The lowest BCUT2D eigenvalue weighted by molar-refractivity contribution is -0.143. The van der Waals surface area contributed by atoms with Crippen molar-refractivity contribution in [2.75, 3.05) is 0 Å². The summed E-state index contributed by atoms with van der Waals surface area (Å²) in [5, 5.41) is 18.3. The molecular weight excluding hydrogens is 427 g/mol. The summed E-state index contributed by atoms with van der Waals surface area (Å²) < 4.78 is 120. The molecule has 0 atom stereocenters. The fourth-order valence-electron chi connectivity index (χ4n) is 3.21.